The Morgan fingerprint density at radius 3 is 2.88 bits per heavy atom. The summed E-state index contributed by atoms with van der Waals surface area (Å²) in [7, 11) is 0. The lowest BCUT2D eigenvalue weighted by atomic mass is 10.3. The van der Waals surface area contributed by atoms with E-state index in [1.807, 2.05) is 0 Å². The summed E-state index contributed by atoms with van der Waals surface area (Å²) in [5, 5.41) is 8.44. The number of nitrogens with zero attached hydrogens (tertiary/aromatic N) is 3. The first-order valence-corrected chi connectivity index (χ1v) is 8.80. The van der Waals surface area contributed by atoms with Crippen LogP contribution in [0.4, 0.5) is 4.39 Å². The number of carbonyl (C=O) groups excluding carboxylic acids is 1. The third-order valence-electron chi connectivity index (χ3n) is 3.54. The van der Waals surface area contributed by atoms with Crippen LogP contribution in [0.25, 0.3) is 0 Å². The second-order valence-electron chi connectivity index (χ2n) is 5.38. The van der Waals surface area contributed by atoms with Gasteiger partial charge in [0, 0.05) is 18.7 Å². The van der Waals surface area contributed by atoms with Gasteiger partial charge in [-0.1, -0.05) is 11.8 Å². The highest BCUT2D eigenvalue weighted by molar-refractivity contribution is 7.99. The van der Waals surface area contributed by atoms with E-state index in [1.165, 1.54) is 23.9 Å². The quantitative estimate of drug-likeness (QED) is 0.538. The van der Waals surface area contributed by atoms with Gasteiger partial charge in [0.05, 0.1) is 13.2 Å². The van der Waals surface area contributed by atoms with Crippen LogP contribution < -0.4 is 4.74 Å². The van der Waals surface area contributed by atoms with Crippen molar-refractivity contribution in [2.45, 2.75) is 31.0 Å². The van der Waals surface area contributed by atoms with Crippen LogP contribution in [0.5, 0.6) is 5.75 Å². The van der Waals surface area contributed by atoms with Crippen molar-refractivity contribution in [2.24, 2.45) is 0 Å². The maximum absolute atomic E-state index is 12.8. The first kappa shape index (κ1) is 16.8. The molecule has 0 radical (unpaired) electrons. The Morgan fingerprint density at radius 1 is 1.29 bits per heavy atom. The van der Waals surface area contributed by atoms with E-state index in [1.54, 1.807) is 17.0 Å². The van der Waals surface area contributed by atoms with Crippen molar-refractivity contribution in [3.63, 3.8) is 0 Å². The number of benzene rings is 1. The topological polar surface area (TPSA) is 68.5 Å². The second-order valence-corrected chi connectivity index (χ2v) is 6.43. The van der Waals surface area contributed by atoms with E-state index in [4.69, 9.17) is 9.15 Å². The minimum atomic E-state index is -0.277. The molecule has 1 saturated heterocycles. The number of ether oxygens (including phenoxy) is 1. The van der Waals surface area contributed by atoms with E-state index in [2.05, 4.69) is 10.2 Å². The molecule has 0 unspecified atom stereocenters. The summed E-state index contributed by atoms with van der Waals surface area (Å²) < 4.78 is 23.8. The summed E-state index contributed by atoms with van der Waals surface area (Å²) in [6, 6.07) is 5.95. The van der Waals surface area contributed by atoms with E-state index >= 15 is 0 Å². The molecule has 1 amide bonds. The summed E-state index contributed by atoms with van der Waals surface area (Å²) in [5.74, 6) is 1.75. The molecule has 1 aromatic heterocycles. The molecule has 0 N–H and O–H groups in total. The lowest BCUT2D eigenvalue weighted by Crippen LogP contribution is -2.23. The van der Waals surface area contributed by atoms with Crippen molar-refractivity contribution in [2.75, 3.05) is 18.9 Å². The fraction of sp³-hybridized carbons (Fsp3) is 0.438. The van der Waals surface area contributed by atoms with Gasteiger partial charge in [0.1, 0.15) is 11.6 Å². The number of likely N-dealkylation sites (tertiary alicyclic amines) is 1. The smallest absolute Gasteiger partial charge is 0.276 e. The number of aromatic nitrogens is 2. The molecule has 1 aliphatic heterocycles. The molecule has 0 atom stereocenters. The molecule has 128 valence electrons. The molecule has 2 aromatic rings. The Labute approximate surface area is 143 Å². The third-order valence-corrected chi connectivity index (χ3v) is 4.45. The van der Waals surface area contributed by atoms with Gasteiger partial charge in [-0.3, -0.25) is 4.79 Å². The van der Waals surface area contributed by atoms with Crippen LogP contribution in [-0.2, 0) is 11.3 Å². The van der Waals surface area contributed by atoms with Crippen molar-refractivity contribution in [1.82, 2.24) is 15.1 Å². The van der Waals surface area contributed by atoms with Gasteiger partial charge in [-0.05, 0) is 37.1 Å². The molecule has 0 bridgehead atoms. The molecule has 0 spiro atoms. The number of thioether (sulfide) groups is 1. The van der Waals surface area contributed by atoms with Crippen LogP contribution in [-0.4, -0.2) is 39.9 Å². The first-order valence-electron chi connectivity index (χ1n) is 7.82. The lowest BCUT2D eigenvalue weighted by molar-refractivity contribution is -0.128. The Hall–Kier alpha value is -2.09. The summed E-state index contributed by atoms with van der Waals surface area (Å²) >= 11 is 1.45. The SMILES string of the molecule is O=C1CCCN1Cc1nnc(SCCCOc2ccc(F)cc2)o1. The molecule has 24 heavy (non-hydrogen) atoms. The standard InChI is InChI=1S/C16H18FN3O3S/c17-12-4-6-13(7-5-12)22-9-2-10-24-16-19-18-14(23-16)11-20-8-1-3-15(20)21/h4-7H,1-3,8-11H2. The van der Waals surface area contributed by atoms with Crippen molar-refractivity contribution in [3.05, 3.63) is 36.0 Å². The fourth-order valence-electron chi connectivity index (χ4n) is 2.33. The second kappa shape index (κ2) is 8.14. The molecule has 1 fully saturated rings. The maximum Gasteiger partial charge on any atom is 0.276 e. The molecule has 0 saturated carbocycles. The van der Waals surface area contributed by atoms with Gasteiger partial charge in [0.15, 0.2) is 0 Å². The van der Waals surface area contributed by atoms with Gasteiger partial charge < -0.3 is 14.1 Å². The predicted octanol–water partition coefficient (Wildman–Crippen LogP) is 2.89. The van der Waals surface area contributed by atoms with E-state index in [9.17, 15) is 9.18 Å². The average molecular weight is 351 g/mol. The monoisotopic (exact) mass is 351 g/mol. The van der Waals surface area contributed by atoms with Crippen LogP contribution in [0.15, 0.2) is 33.9 Å². The largest absolute Gasteiger partial charge is 0.494 e. The Balaban J connectivity index is 1.35. The van der Waals surface area contributed by atoms with Gasteiger partial charge in [-0.2, -0.15) is 0 Å². The van der Waals surface area contributed by atoms with E-state index in [-0.39, 0.29) is 11.7 Å². The zero-order valence-electron chi connectivity index (χ0n) is 13.1. The number of hydrogen-bond acceptors (Lipinski definition) is 6. The van der Waals surface area contributed by atoms with Gasteiger partial charge in [0.2, 0.25) is 11.8 Å². The minimum absolute atomic E-state index is 0.139. The minimum Gasteiger partial charge on any atom is -0.494 e. The number of halogens is 1. The van der Waals surface area contributed by atoms with E-state index < -0.39 is 0 Å². The Morgan fingerprint density at radius 2 is 2.12 bits per heavy atom. The third kappa shape index (κ3) is 4.70. The first-order chi connectivity index (χ1) is 11.7. The molecular formula is C16H18FN3O3S. The van der Waals surface area contributed by atoms with E-state index in [0.29, 0.717) is 36.4 Å². The Bertz CT molecular complexity index is 677. The maximum atomic E-state index is 12.8. The molecule has 3 rings (SSSR count). The van der Waals surface area contributed by atoms with Crippen LogP contribution in [0.3, 0.4) is 0 Å². The van der Waals surface area contributed by atoms with Gasteiger partial charge >= 0.3 is 0 Å². The zero-order chi connectivity index (χ0) is 16.8. The van der Waals surface area contributed by atoms with Crippen molar-refractivity contribution >= 4 is 17.7 Å². The van der Waals surface area contributed by atoms with Crippen LogP contribution >= 0.6 is 11.8 Å². The summed E-state index contributed by atoms with van der Waals surface area (Å²) in [5.41, 5.74) is 0. The van der Waals surface area contributed by atoms with Gasteiger partial charge in [-0.15, -0.1) is 10.2 Å². The van der Waals surface area contributed by atoms with Gasteiger partial charge in [0.25, 0.3) is 5.22 Å². The highest BCUT2D eigenvalue weighted by Crippen LogP contribution is 2.20. The zero-order valence-corrected chi connectivity index (χ0v) is 13.9. The lowest BCUT2D eigenvalue weighted by Gasteiger charge is -2.11. The number of hydrogen-bond donors (Lipinski definition) is 0. The summed E-state index contributed by atoms with van der Waals surface area (Å²) in [4.78, 5) is 13.3. The molecular weight excluding hydrogens is 333 g/mol. The van der Waals surface area contributed by atoms with Crippen molar-refractivity contribution in [1.29, 1.82) is 0 Å². The molecule has 1 aliphatic rings. The highest BCUT2D eigenvalue weighted by atomic mass is 32.2. The van der Waals surface area contributed by atoms with E-state index in [0.717, 1.165) is 25.1 Å². The Kier molecular flexibility index (Phi) is 5.68. The summed E-state index contributed by atoms with van der Waals surface area (Å²) in [6.45, 7) is 1.67. The fourth-order valence-corrected chi connectivity index (χ4v) is 3.02. The van der Waals surface area contributed by atoms with Crippen LogP contribution in [0, 0.1) is 5.82 Å². The number of rotatable bonds is 8. The number of amides is 1. The molecule has 0 aliphatic carbocycles. The number of carbonyl (C=O) groups is 1. The predicted molar refractivity (Wildman–Crippen MR) is 86.2 cm³/mol. The highest BCUT2D eigenvalue weighted by Gasteiger charge is 2.22. The van der Waals surface area contributed by atoms with Crippen molar-refractivity contribution in [3.8, 4) is 5.75 Å². The molecule has 1 aromatic carbocycles. The molecule has 8 heteroatoms. The van der Waals surface area contributed by atoms with Crippen LogP contribution in [0.2, 0.25) is 0 Å². The van der Waals surface area contributed by atoms with Crippen molar-refractivity contribution < 1.29 is 18.3 Å². The average Bonchev–Trinajstić information content (AvgIpc) is 3.19. The molecule has 6 nitrogen and oxygen atoms in total. The normalized spacial score (nSPS) is 14.4. The van der Waals surface area contributed by atoms with Crippen LogP contribution in [0.1, 0.15) is 25.2 Å². The van der Waals surface area contributed by atoms with Gasteiger partial charge in [-0.25, -0.2) is 4.39 Å². The summed E-state index contributed by atoms with van der Waals surface area (Å²) in [6.07, 6.45) is 2.29. The molecule has 2 heterocycles.